The molecule has 8 heteroatoms. The third kappa shape index (κ3) is 4.40. The Kier molecular flexibility index (Phi) is 5.70. The number of benzene rings is 1. The van der Waals surface area contributed by atoms with Crippen molar-refractivity contribution in [2.75, 3.05) is 12.4 Å². The maximum atomic E-state index is 12.1. The fourth-order valence-electron chi connectivity index (χ4n) is 1.58. The van der Waals surface area contributed by atoms with Gasteiger partial charge in [0.05, 0.1) is 16.6 Å². The summed E-state index contributed by atoms with van der Waals surface area (Å²) in [5, 5.41) is 6.03. The third-order valence-corrected chi connectivity index (χ3v) is 3.66. The third-order valence-electron chi connectivity index (χ3n) is 2.61. The van der Waals surface area contributed by atoms with E-state index in [1.54, 1.807) is 37.4 Å². The molecule has 0 spiro atoms. The van der Waals surface area contributed by atoms with Crippen molar-refractivity contribution < 1.29 is 9.53 Å². The maximum absolute atomic E-state index is 12.1. The van der Waals surface area contributed by atoms with Gasteiger partial charge in [-0.2, -0.15) is 0 Å². The van der Waals surface area contributed by atoms with E-state index in [-0.39, 0.29) is 11.0 Å². The molecule has 1 aromatic carbocycles. The smallest absolute Gasteiger partial charge is 0.257 e. The van der Waals surface area contributed by atoms with Crippen molar-refractivity contribution in [1.29, 1.82) is 0 Å². The van der Waals surface area contributed by atoms with Crippen LogP contribution in [0.2, 0.25) is 5.02 Å². The number of rotatable bonds is 3. The second-order valence-electron chi connectivity index (χ2n) is 4.12. The molecule has 0 fully saturated rings. The number of carbonyl (C=O) groups is 1. The molecule has 22 heavy (non-hydrogen) atoms. The molecule has 0 saturated carbocycles. The van der Waals surface area contributed by atoms with Crippen LogP contribution in [0.1, 0.15) is 10.4 Å². The van der Waals surface area contributed by atoms with Crippen LogP contribution in [0.25, 0.3) is 0 Å². The Morgan fingerprint density at radius 2 is 2.14 bits per heavy atom. The summed E-state index contributed by atoms with van der Waals surface area (Å²) >= 11 is 14.1. The van der Waals surface area contributed by atoms with Crippen molar-refractivity contribution in [2.45, 2.75) is 0 Å². The summed E-state index contributed by atoms with van der Waals surface area (Å²) in [6.07, 6.45) is 1.48. The van der Waals surface area contributed by atoms with Crippen molar-refractivity contribution in [3.05, 3.63) is 51.6 Å². The van der Waals surface area contributed by atoms with E-state index in [9.17, 15) is 4.79 Å². The van der Waals surface area contributed by atoms with E-state index in [0.29, 0.717) is 26.6 Å². The lowest BCUT2D eigenvalue weighted by Crippen LogP contribution is -2.34. The second kappa shape index (κ2) is 7.53. The number of nitrogens with one attached hydrogen (secondary N) is 2. The summed E-state index contributed by atoms with van der Waals surface area (Å²) in [5.41, 5.74) is 0.445. The Bertz CT molecular complexity index is 710. The molecule has 2 N–H and O–H groups in total. The first kappa shape index (κ1) is 16.7. The summed E-state index contributed by atoms with van der Waals surface area (Å²) in [4.78, 5) is 16.1. The van der Waals surface area contributed by atoms with Crippen molar-refractivity contribution in [2.24, 2.45) is 0 Å². The number of aromatic nitrogens is 1. The van der Waals surface area contributed by atoms with Gasteiger partial charge in [0.1, 0.15) is 11.6 Å². The molecule has 0 aliphatic heterocycles. The lowest BCUT2D eigenvalue weighted by Gasteiger charge is -2.10. The van der Waals surface area contributed by atoms with E-state index in [1.165, 1.54) is 6.20 Å². The maximum Gasteiger partial charge on any atom is 0.257 e. The number of pyridine rings is 1. The number of ether oxygens (including phenoxy) is 1. The van der Waals surface area contributed by atoms with Gasteiger partial charge >= 0.3 is 0 Å². The topological polar surface area (TPSA) is 63.2 Å². The molecule has 1 heterocycles. The minimum atomic E-state index is -0.338. The van der Waals surface area contributed by atoms with Crippen molar-refractivity contribution >= 4 is 56.6 Å². The van der Waals surface area contributed by atoms with E-state index >= 15 is 0 Å². The normalized spacial score (nSPS) is 9.95. The van der Waals surface area contributed by atoms with Gasteiger partial charge in [-0.15, -0.1) is 0 Å². The number of carbonyl (C=O) groups excluding carboxylic acids is 1. The highest BCUT2D eigenvalue weighted by atomic mass is 79.9. The molecular formula is C14H11BrClN3O2S. The number of methoxy groups -OCH3 is 1. The number of amides is 1. The van der Waals surface area contributed by atoms with Crippen LogP contribution >= 0.6 is 39.7 Å². The Hall–Kier alpha value is -1.70. The lowest BCUT2D eigenvalue weighted by molar-refractivity contribution is 0.0977. The highest BCUT2D eigenvalue weighted by Crippen LogP contribution is 2.25. The van der Waals surface area contributed by atoms with Crippen LogP contribution in [-0.2, 0) is 0 Å². The number of thiocarbonyl (C=S) groups is 1. The predicted molar refractivity (Wildman–Crippen MR) is 93.6 cm³/mol. The summed E-state index contributed by atoms with van der Waals surface area (Å²) in [5.74, 6) is 0.794. The number of halogens is 2. The highest BCUT2D eigenvalue weighted by Gasteiger charge is 2.10. The Morgan fingerprint density at radius 3 is 2.73 bits per heavy atom. The molecule has 1 amide bonds. The van der Waals surface area contributed by atoms with E-state index in [4.69, 9.17) is 28.6 Å². The number of hydrogen-bond acceptors (Lipinski definition) is 4. The van der Waals surface area contributed by atoms with Crippen LogP contribution in [0.5, 0.6) is 5.75 Å². The quantitative estimate of drug-likeness (QED) is 0.770. The molecule has 0 bridgehead atoms. The zero-order valence-corrected chi connectivity index (χ0v) is 14.6. The standard InChI is InChI=1S/C14H11BrClN3O2S/c1-21-11-4-2-8(6-10(11)15)13(20)19-14(22)18-12-5-3-9(16)7-17-12/h2-7H,1H3,(H2,17,18,19,20,22). The van der Waals surface area contributed by atoms with Gasteiger partial charge in [0.2, 0.25) is 0 Å². The number of hydrogen-bond donors (Lipinski definition) is 2. The van der Waals surface area contributed by atoms with Crippen LogP contribution in [0.3, 0.4) is 0 Å². The van der Waals surface area contributed by atoms with Gasteiger partial charge in [-0.05, 0) is 58.5 Å². The summed E-state index contributed by atoms with van der Waals surface area (Å²) in [6, 6.07) is 8.31. The summed E-state index contributed by atoms with van der Waals surface area (Å²) < 4.78 is 5.80. The lowest BCUT2D eigenvalue weighted by atomic mass is 10.2. The van der Waals surface area contributed by atoms with Crippen LogP contribution in [0, 0.1) is 0 Å². The molecule has 2 aromatic rings. The van der Waals surface area contributed by atoms with Crippen molar-refractivity contribution in [3.8, 4) is 5.75 Å². The molecule has 0 aliphatic rings. The molecule has 0 aliphatic carbocycles. The molecular weight excluding hydrogens is 390 g/mol. The van der Waals surface area contributed by atoms with Crippen molar-refractivity contribution in [1.82, 2.24) is 10.3 Å². The Balaban J connectivity index is 2.00. The number of nitrogens with zero attached hydrogens (tertiary/aromatic N) is 1. The number of anilines is 1. The minimum absolute atomic E-state index is 0.145. The molecule has 114 valence electrons. The van der Waals surface area contributed by atoms with E-state index < -0.39 is 0 Å². The zero-order chi connectivity index (χ0) is 16.1. The van der Waals surface area contributed by atoms with Gasteiger partial charge in [0, 0.05) is 11.8 Å². The highest BCUT2D eigenvalue weighted by molar-refractivity contribution is 9.10. The van der Waals surface area contributed by atoms with Crippen LogP contribution in [-0.4, -0.2) is 23.1 Å². The first-order valence-electron chi connectivity index (χ1n) is 6.07. The van der Waals surface area contributed by atoms with Gasteiger partial charge in [0.25, 0.3) is 5.91 Å². The fraction of sp³-hybridized carbons (Fsp3) is 0.0714. The summed E-state index contributed by atoms with van der Waals surface area (Å²) in [6.45, 7) is 0. The van der Waals surface area contributed by atoms with Crippen LogP contribution in [0.15, 0.2) is 41.0 Å². The van der Waals surface area contributed by atoms with E-state index in [2.05, 4.69) is 31.5 Å². The van der Waals surface area contributed by atoms with Gasteiger partial charge in [-0.1, -0.05) is 11.6 Å². The largest absolute Gasteiger partial charge is 0.496 e. The van der Waals surface area contributed by atoms with Crippen LogP contribution < -0.4 is 15.4 Å². The molecule has 0 saturated heterocycles. The molecule has 0 radical (unpaired) electrons. The zero-order valence-electron chi connectivity index (χ0n) is 11.4. The fourth-order valence-corrected chi connectivity index (χ4v) is 2.43. The molecule has 0 unspecified atom stereocenters. The predicted octanol–water partition coefficient (Wildman–Crippen LogP) is 3.63. The SMILES string of the molecule is COc1ccc(C(=O)NC(=S)Nc2ccc(Cl)cn2)cc1Br. The molecule has 2 rings (SSSR count). The average Bonchev–Trinajstić information content (AvgIpc) is 2.49. The van der Waals surface area contributed by atoms with E-state index in [0.717, 1.165) is 0 Å². The monoisotopic (exact) mass is 399 g/mol. The van der Waals surface area contributed by atoms with Gasteiger partial charge in [0.15, 0.2) is 5.11 Å². The first-order chi connectivity index (χ1) is 10.5. The summed E-state index contributed by atoms with van der Waals surface area (Å²) in [7, 11) is 1.55. The second-order valence-corrected chi connectivity index (χ2v) is 5.82. The average molecular weight is 401 g/mol. The Morgan fingerprint density at radius 1 is 1.36 bits per heavy atom. The molecule has 5 nitrogen and oxygen atoms in total. The van der Waals surface area contributed by atoms with Gasteiger partial charge < -0.3 is 10.1 Å². The van der Waals surface area contributed by atoms with Crippen molar-refractivity contribution in [3.63, 3.8) is 0 Å². The Labute approximate surface area is 146 Å². The van der Waals surface area contributed by atoms with Crippen LogP contribution in [0.4, 0.5) is 5.82 Å². The molecule has 0 atom stereocenters. The van der Waals surface area contributed by atoms with Gasteiger partial charge in [-0.3, -0.25) is 10.1 Å². The van der Waals surface area contributed by atoms with Gasteiger partial charge in [-0.25, -0.2) is 4.98 Å². The first-order valence-corrected chi connectivity index (χ1v) is 7.65. The minimum Gasteiger partial charge on any atom is -0.496 e. The molecule has 1 aromatic heterocycles. The van der Waals surface area contributed by atoms with E-state index in [1.807, 2.05) is 0 Å².